The van der Waals surface area contributed by atoms with Gasteiger partial charge >= 0.3 is 0 Å². The van der Waals surface area contributed by atoms with Crippen molar-refractivity contribution in [3.8, 4) is 0 Å². The van der Waals surface area contributed by atoms with E-state index in [1.165, 1.54) is 5.56 Å². The van der Waals surface area contributed by atoms with Crippen molar-refractivity contribution in [2.24, 2.45) is 0 Å². The topological polar surface area (TPSA) is 49.6 Å². The average Bonchev–Trinajstić information content (AvgIpc) is 2.33. The average molecular weight is 219 g/mol. The number of anilines is 1. The zero-order chi connectivity index (χ0) is 11.4. The maximum absolute atomic E-state index is 10.6. The molecule has 2 rings (SSSR count). The van der Waals surface area contributed by atoms with E-state index in [2.05, 4.69) is 17.0 Å². The van der Waals surface area contributed by atoms with E-state index in [0.29, 0.717) is 0 Å². The largest absolute Gasteiger partial charge is 0.399 e. The normalized spacial score (nSPS) is 17.4. The molecule has 86 valence electrons. The lowest BCUT2D eigenvalue weighted by Crippen LogP contribution is -2.45. The highest BCUT2D eigenvalue weighted by Crippen LogP contribution is 2.10. The van der Waals surface area contributed by atoms with Crippen LogP contribution in [0.2, 0.25) is 0 Å². The molecule has 1 aromatic carbocycles. The molecular weight excluding hydrogens is 202 g/mol. The molecule has 0 bridgehead atoms. The molecule has 2 N–H and O–H groups in total. The van der Waals surface area contributed by atoms with Crippen LogP contribution in [0.3, 0.4) is 0 Å². The van der Waals surface area contributed by atoms with E-state index < -0.39 is 0 Å². The summed E-state index contributed by atoms with van der Waals surface area (Å²) < 4.78 is 0. The standard InChI is InChI=1S/C12H17N3O/c13-12-3-1-11(2-4-12)9-14-5-7-15(10-16)8-6-14/h1-4,10H,5-9,13H2. The van der Waals surface area contributed by atoms with E-state index in [0.717, 1.165) is 44.8 Å². The van der Waals surface area contributed by atoms with Crippen molar-refractivity contribution < 1.29 is 4.79 Å². The molecule has 0 saturated carbocycles. The molecule has 1 aliphatic rings. The predicted octanol–water partition coefficient (Wildman–Crippen LogP) is 0.543. The zero-order valence-corrected chi connectivity index (χ0v) is 9.30. The highest BCUT2D eigenvalue weighted by Gasteiger charge is 2.14. The first kappa shape index (κ1) is 11.0. The number of nitrogen functional groups attached to an aromatic ring is 1. The van der Waals surface area contributed by atoms with Gasteiger partial charge in [-0.1, -0.05) is 12.1 Å². The van der Waals surface area contributed by atoms with Gasteiger partial charge in [0.25, 0.3) is 0 Å². The molecule has 4 nitrogen and oxygen atoms in total. The van der Waals surface area contributed by atoms with Gasteiger partial charge in [-0.15, -0.1) is 0 Å². The Morgan fingerprint density at radius 2 is 1.75 bits per heavy atom. The van der Waals surface area contributed by atoms with Gasteiger partial charge in [-0.25, -0.2) is 0 Å². The lowest BCUT2D eigenvalue weighted by atomic mass is 10.2. The molecule has 0 unspecified atom stereocenters. The second-order valence-electron chi connectivity index (χ2n) is 4.16. The smallest absolute Gasteiger partial charge is 0.209 e. The lowest BCUT2D eigenvalue weighted by Gasteiger charge is -2.32. The maximum atomic E-state index is 10.6. The van der Waals surface area contributed by atoms with E-state index in [4.69, 9.17) is 5.73 Å². The van der Waals surface area contributed by atoms with Crippen molar-refractivity contribution in [3.63, 3.8) is 0 Å². The van der Waals surface area contributed by atoms with Crippen molar-refractivity contribution in [1.82, 2.24) is 9.80 Å². The van der Waals surface area contributed by atoms with E-state index >= 15 is 0 Å². The number of hydrogen-bond donors (Lipinski definition) is 1. The third kappa shape index (κ3) is 2.73. The third-order valence-corrected chi connectivity index (χ3v) is 2.94. The van der Waals surface area contributed by atoms with Gasteiger partial charge in [0.2, 0.25) is 6.41 Å². The summed E-state index contributed by atoms with van der Waals surface area (Å²) in [5.41, 5.74) is 7.71. The molecule has 1 amide bonds. The maximum Gasteiger partial charge on any atom is 0.209 e. The van der Waals surface area contributed by atoms with Crippen LogP contribution in [0, 0.1) is 0 Å². The summed E-state index contributed by atoms with van der Waals surface area (Å²) in [6.45, 7) is 4.50. The fraction of sp³-hybridized carbons (Fsp3) is 0.417. The molecule has 1 fully saturated rings. The zero-order valence-electron chi connectivity index (χ0n) is 9.30. The minimum atomic E-state index is 0.800. The first-order valence-electron chi connectivity index (χ1n) is 5.54. The fourth-order valence-electron chi connectivity index (χ4n) is 1.91. The summed E-state index contributed by atoms with van der Waals surface area (Å²) >= 11 is 0. The number of nitrogens with zero attached hydrogens (tertiary/aromatic N) is 2. The number of benzene rings is 1. The number of nitrogens with two attached hydrogens (primary N) is 1. The molecule has 0 radical (unpaired) electrons. The van der Waals surface area contributed by atoms with Gasteiger partial charge in [0, 0.05) is 38.4 Å². The van der Waals surface area contributed by atoms with E-state index in [1.807, 2.05) is 17.0 Å². The Balaban J connectivity index is 1.86. The minimum absolute atomic E-state index is 0.800. The van der Waals surface area contributed by atoms with Crippen LogP contribution in [0.4, 0.5) is 5.69 Å². The van der Waals surface area contributed by atoms with E-state index in [1.54, 1.807) is 0 Å². The highest BCUT2D eigenvalue weighted by molar-refractivity contribution is 5.47. The molecule has 1 saturated heterocycles. The van der Waals surface area contributed by atoms with Crippen molar-refractivity contribution in [3.05, 3.63) is 29.8 Å². The molecule has 4 heteroatoms. The second kappa shape index (κ2) is 4.99. The van der Waals surface area contributed by atoms with E-state index in [9.17, 15) is 4.79 Å². The van der Waals surface area contributed by atoms with Crippen LogP contribution in [-0.2, 0) is 11.3 Å². The Morgan fingerprint density at radius 1 is 1.12 bits per heavy atom. The number of carbonyl (C=O) groups is 1. The molecule has 0 aromatic heterocycles. The van der Waals surface area contributed by atoms with Gasteiger partial charge in [-0.05, 0) is 17.7 Å². The lowest BCUT2D eigenvalue weighted by molar-refractivity contribution is -0.119. The van der Waals surface area contributed by atoms with Crippen LogP contribution in [0.25, 0.3) is 0 Å². The van der Waals surface area contributed by atoms with Crippen LogP contribution in [0.5, 0.6) is 0 Å². The monoisotopic (exact) mass is 219 g/mol. The van der Waals surface area contributed by atoms with Gasteiger partial charge in [-0.2, -0.15) is 0 Å². The number of amides is 1. The summed E-state index contributed by atoms with van der Waals surface area (Å²) in [6, 6.07) is 7.97. The quantitative estimate of drug-likeness (QED) is 0.596. The third-order valence-electron chi connectivity index (χ3n) is 2.94. The first-order chi connectivity index (χ1) is 7.78. The van der Waals surface area contributed by atoms with Crippen LogP contribution in [-0.4, -0.2) is 42.4 Å². The van der Waals surface area contributed by atoms with Crippen molar-refractivity contribution in [2.75, 3.05) is 31.9 Å². The number of rotatable bonds is 3. The second-order valence-corrected chi connectivity index (χ2v) is 4.16. The molecule has 0 spiro atoms. The summed E-state index contributed by atoms with van der Waals surface area (Å²) in [4.78, 5) is 14.7. The molecule has 0 aliphatic carbocycles. The van der Waals surface area contributed by atoms with Gasteiger partial charge in [0.05, 0.1) is 0 Å². The van der Waals surface area contributed by atoms with Crippen LogP contribution >= 0.6 is 0 Å². The van der Waals surface area contributed by atoms with Crippen LogP contribution in [0.15, 0.2) is 24.3 Å². The van der Waals surface area contributed by atoms with Crippen molar-refractivity contribution >= 4 is 12.1 Å². The minimum Gasteiger partial charge on any atom is -0.399 e. The molecule has 1 aliphatic heterocycles. The molecule has 1 heterocycles. The summed E-state index contributed by atoms with van der Waals surface area (Å²) in [7, 11) is 0. The number of piperazine rings is 1. The van der Waals surface area contributed by atoms with Gasteiger partial charge < -0.3 is 10.6 Å². The Morgan fingerprint density at radius 3 is 2.31 bits per heavy atom. The number of carbonyl (C=O) groups excluding carboxylic acids is 1. The fourth-order valence-corrected chi connectivity index (χ4v) is 1.91. The summed E-state index contributed by atoms with van der Waals surface area (Å²) in [6.07, 6.45) is 0.931. The van der Waals surface area contributed by atoms with Gasteiger partial charge in [0.15, 0.2) is 0 Å². The van der Waals surface area contributed by atoms with Gasteiger partial charge in [0.1, 0.15) is 0 Å². The Labute approximate surface area is 95.6 Å². The Kier molecular flexibility index (Phi) is 3.41. The summed E-state index contributed by atoms with van der Waals surface area (Å²) in [5.74, 6) is 0. The molecular formula is C12H17N3O. The Hall–Kier alpha value is -1.55. The predicted molar refractivity (Wildman–Crippen MR) is 63.8 cm³/mol. The molecule has 16 heavy (non-hydrogen) atoms. The SMILES string of the molecule is Nc1ccc(CN2CCN(C=O)CC2)cc1. The van der Waals surface area contributed by atoms with Crippen LogP contribution in [0.1, 0.15) is 5.56 Å². The van der Waals surface area contributed by atoms with Crippen molar-refractivity contribution in [1.29, 1.82) is 0 Å². The molecule has 1 aromatic rings. The molecule has 0 atom stereocenters. The van der Waals surface area contributed by atoms with Crippen molar-refractivity contribution in [2.45, 2.75) is 6.54 Å². The summed E-state index contributed by atoms with van der Waals surface area (Å²) in [5, 5.41) is 0. The Bertz CT molecular complexity index is 342. The number of hydrogen-bond acceptors (Lipinski definition) is 3. The van der Waals surface area contributed by atoms with E-state index in [-0.39, 0.29) is 0 Å². The highest BCUT2D eigenvalue weighted by atomic mass is 16.1. The van der Waals surface area contributed by atoms with Crippen LogP contribution < -0.4 is 5.73 Å². The first-order valence-corrected chi connectivity index (χ1v) is 5.54. The van der Waals surface area contributed by atoms with Gasteiger partial charge in [-0.3, -0.25) is 9.69 Å².